The minimum atomic E-state index is -0.111. The zero-order chi connectivity index (χ0) is 13.4. The molecule has 0 unspecified atom stereocenters. The minimum absolute atomic E-state index is 0.109. The summed E-state index contributed by atoms with van der Waals surface area (Å²) >= 11 is 0. The van der Waals surface area contributed by atoms with Gasteiger partial charge in [0.25, 0.3) is 0 Å². The molecule has 2 heterocycles. The molecule has 1 aliphatic heterocycles. The number of likely N-dealkylation sites (tertiary alicyclic amines) is 1. The predicted octanol–water partition coefficient (Wildman–Crippen LogP) is 2.14. The summed E-state index contributed by atoms with van der Waals surface area (Å²) in [6.45, 7) is 3.54. The number of ketones is 2. The van der Waals surface area contributed by atoms with Gasteiger partial charge in [-0.3, -0.25) is 9.59 Å². The number of aromatic nitrogens is 1. The molecule has 1 saturated heterocycles. The lowest BCUT2D eigenvalue weighted by Crippen LogP contribution is -2.35. The second kappa shape index (κ2) is 4.61. The Kier molecular flexibility index (Phi) is 2.93. The van der Waals surface area contributed by atoms with Gasteiger partial charge in [-0.1, -0.05) is 0 Å². The first-order valence-corrected chi connectivity index (χ1v) is 6.70. The average molecular weight is 256 g/mol. The summed E-state index contributed by atoms with van der Waals surface area (Å²) in [5.41, 5.74) is 2.03. The van der Waals surface area contributed by atoms with Crippen LogP contribution in [0.3, 0.4) is 0 Å². The molecule has 3 rings (SSSR count). The van der Waals surface area contributed by atoms with E-state index in [9.17, 15) is 9.59 Å². The van der Waals surface area contributed by atoms with Crippen molar-refractivity contribution in [2.45, 2.75) is 26.2 Å². The fourth-order valence-electron chi connectivity index (χ4n) is 2.69. The van der Waals surface area contributed by atoms with Gasteiger partial charge in [0.15, 0.2) is 5.78 Å². The first-order chi connectivity index (χ1) is 9.16. The lowest BCUT2D eigenvalue weighted by molar-refractivity contribution is 0.0939. The van der Waals surface area contributed by atoms with Gasteiger partial charge in [0.2, 0.25) is 5.78 Å². The molecule has 4 nitrogen and oxygen atoms in total. The standard InChI is InChI=1S/C15H16N2O2/c1-10-5-6-11-13(18)9-12(15(19)14(11)16-10)17-7-3-2-4-8-17/h5-6,9H,2-4,7-8H2,1H3. The molecule has 0 spiro atoms. The molecule has 1 aromatic rings. The third-order valence-corrected chi connectivity index (χ3v) is 3.71. The van der Waals surface area contributed by atoms with Crippen molar-refractivity contribution < 1.29 is 9.59 Å². The number of hydrogen-bond donors (Lipinski definition) is 0. The first-order valence-electron chi connectivity index (χ1n) is 6.70. The Morgan fingerprint density at radius 3 is 2.58 bits per heavy atom. The van der Waals surface area contributed by atoms with E-state index in [4.69, 9.17) is 0 Å². The second-order valence-corrected chi connectivity index (χ2v) is 5.12. The zero-order valence-corrected chi connectivity index (χ0v) is 11.0. The Balaban J connectivity index is 2.00. The summed E-state index contributed by atoms with van der Waals surface area (Å²) in [5.74, 6) is -0.220. The third-order valence-electron chi connectivity index (χ3n) is 3.71. The Morgan fingerprint density at radius 1 is 1.11 bits per heavy atom. The molecule has 0 atom stereocenters. The molecule has 0 bridgehead atoms. The van der Waals surface area contributed by atoms with Crippen LogP contribution in [0.4, 0.5) is 0 Å². The van der Waals surface area contributed by atoms with Crippen LogP contribution < -0.4 is 0 Å². The normalized spacial score (nSPS) is 19.2. The Morgan fingerprint density at radius 2 is 1.84 bits per heavy atom. The predicted molar refractivity (Wildman–Crippen MR) is 71.1 cm³/mol. The minimum Gasteiger partial charge on any atom is -0.368 e. The summed E-state index contributed by atoms with van der Waals surface area (Å²) in [6.07, 6.45) is 4.83. The highest BCUT2D eigenvalue weighted by molar-refractivity contribution is 6.23. The van der Waals surface area contributed by atoms with Crippen molar-refractivity contribution in [2.24, 2.45) is 0 Å². The van der Waals surface area contributed by atoms with E-state index < -0.39 is 0 Å². The molecule has 0 radical (unpaired) electrons. The highest BCUT2D eigenvalue weighted by Crippen LogP contribution is 2.24. The Labute approximate surface area is 112 Å². The van der Waals surface area contributed by atoms with Crippen LogP contribution in [0.25, 0.3) is 0 Å². The van der Waals surface area contributed by atoms with Gasteiger partial charge >= 0.3 is 0 Å². The van der Waals surface area contributed by atoms with Crippen LogP contribution in [0.5, 0.6) is 0 Å². The van der Waals surface area contributed by atoms with Gasteiger partial charge in [-0.05, 0) is 38.3 Å². The topological polar surface area (TPSA) is 50.3 Å². The van der Waals surface area contributed by atoms with Crippen molar-refractivity contribution in [1.29, 1.82) is 0 Å². The number of piperidine rings is 1. The Bertz CT molecular complexity index is 584. The van der Waals surface area contributed by atoms with Crippen LogP contribution in [0.15, 0.2) is 23.9 Å². The van der Waals surface area contributed by atoms with Crippen LogP contribution in [-0.2, 0) is 0 Å². The molecule has 0 aromatic carbocycles. The van der Waals surface area contributed by atoms with Gasteiger partial charge in [0.1, 0.15) is 5.69 Å². The van der Waals surface area contributed by atoms with Crippen molar-refractivity contribution in [3.05, 3.63) is 40.9 Å². The van der Waals surface area contributed by atoms with Crippen molar-refractivity contribution in [3.63, 3.8) is 0 Å². The summed E-state index contributed by atoms with van der Waals surface area (Å²) in [7, 11) is 0. The SMILES string of the molecule is Cc1ccc2c(n1)C(=O)C(N1CCCCC1)=CC2=O. The third kappa shape index (κ3) is 2.07. The van der Waals surface area contributed by atoms with Crippen molar-refractivity contribution in [2.75, 3.05) is 13.1 Å². The molecular formula is C15H16N2O2. The van der Waals surface area contributed by atoms with Gasteiger partial charge in [-0.15, -0.1) is 0 Å². The quantitative estimate of drug-likeness (QED) is 0.772. The lowest BCUT2D eigenvalue weighted by Gasteiger charge is -2.31. The van der Waals surface area contributed by atoms with Gasteiger partial charge in [-0.25, -0.2) is 4.98 Å². The van der Waals surface area contributed by atoms with E-state index in [1.807, 2.05) is 11.8 Å². The van der Waals surface area contributed by atoms with Crippen molar-refractivity contribution in [3.8, 4) is 0 Å². The lowest BCUT2D eigenvalue weighted by atomic mass is 9.95. The zero-order valence-electron chi connectivity index (χ0n) is 11.0. The molecule has 19 heavy (non-hydrogen) atoms. The van der Waals surface area contributed by atoms with Gasteiger partial charge in [0, 0.05) is 24.9 Å². The maximum absolute atomic E-state index is 12.5. The van der Waals surface area contributed by atoms with Gasteiger partial charge in [-0.2, -0.15) is 0 Å². The van der Waals surface area contributed by atoms with Crippen molar-refractivity contribution in [1.82, 2.24) is 9.88 Å². The number of carbonyl (C=O) groups is 2. The summed E-state index contributed by atoms with van der Waals surface area (Å²) in [5, 5.41) is 0. The molecule has 2 aliphatic rings. The highest BCUT2D eigenvalue weighted by atomic mass is 16.1. The number of allylic oxidation sites excluding steroid dienone is 2. The van der Waals surface area contributed by atoms with Gasteiger partial charge in [0.05, 0.1) is 11.3 Å². The molecule has 0 amide bonds. The van der Waals surface area contributed by atoms with Crippen molar-refractivity contribution >= 4 is 11.6 Å². The summed E-state index contributed by atoms with van der Waals surface area (Å²) < 4.78 is 0. The fourth-order valence-corrected chi connectivity index (χ4v) is 2.69. The number of aryl methyl sites for hydroxylation is 1. The van der Waals surface area contributed by atoms with Crippen LogP contribution >= 0.6 is 0 Å². The number of rotatable bonds is 1. The largest absolute Gasteiger partial charge is 0.368 e. The maximum Gasteiger partial charge on any atom is 0.228 e. The first kappa shape index (κ1) is 12.1. The molecule has 1 fully saturated rings. The van der Waals surface area contributed by atoms with Crippen LogP contribution in [0.1, 0.15) is 45.8 Å². The smallest absolute Gasteiger partial charge is 0.228 e. The van der Waals surface area contributed by atoms with E-state index in [-0.39, 0.29) is 11.6 Å². The number of hydrogen-bond acceptors (Lipinski definition) is 4. The molecular weight excluding hydrogens is 240 g/mol. The molecule has 0 saturated carbocycles. The van der Waals surface area contributed by atoms with E-state index in [0.717, 1.165) is 31.6 Å². The van der Waals surface area contributed by atoms with E-state index in [1.54, 1.807) is 12.1 Å². The van der Waals surface area contributed by atoms with Gasteiger partial charge < -0.3 is 4.90 Å². The van der Waals surface area contributed by atoms with Crippen LogP contribution in [0.2, 0.25) is 0 Å². The molecule has 1 aliphatic carbocycles. The number of nitrogens with zero attached hydrogens (tertiary/aromatic N) is 2. The van der Waals surface area contributed by atoms with E-state index in [1.165, 1.54) is 12.5 Å². The van der Waals surface area contributed by atoms with E-state index >= 15 is 0 Å². The average Bonchev–Trinajstić information content (AvgIpc) is 2.43. The van der Waals surface area contributed by atoms with E-state index in [2.05, 4.69) is 4.98 Å². The number of pyridine rings is 1. The number of Topliss-reactive ketones (excluding diaryl/α,β-unsaturated/α-hetero) is 1. The maximum atomic E-state index is 12.5. The highest BCUT2D eigenvalue weighted by Gasteiger charge is 2.30. The van der Waals surface area contributed by atoms with E-state index in [0.29, 0.717) is 17.0 Å². The Hall–Kier alpha value is -1.97. The summed E-state index contributed by atoms with van der Waals surface area (Å²) in [4.78, 5) is 30.9. The molecule has 98 valence electrons. The second-order valence-electron chi connectivity index (χ2n) is 5.12. The van der Waals surface area contributed by atoms with Crippen LogP contribution in [0, 0.1) is 6.92 Å². The monoisotopic (exact) mass is 256 g/mol. The van der Waals surface area contributed by atoms with Crippen LogP contribution in [-0.4, -0.2) is 34.5 Å². The number of carbonyl (C=O) groups excluding carboxylic acids is 2. The molecule has 0 N–H and O–H groups in total. The molecule has 1 aromatic heterocycles. The fraction of sp³-hybridized carbons (Fsp3) is 0.400. The number of fused-ring (bicyclic) bond motifs is 1. The molecule has 4 heteroatoms. The summed E-state index contributed by atoms with van der Waals surface area (Å²) in [6, 6.07) is 3.46.